The third-order valence-corrected chi connectivity index (χ3v) is 7.24. The molecule has 5 amide bonds. The highest BCUT2D eigenvalue weighted by Gasteiger charge is 2.42. The molecule has 12 nitrogen and oxygen atoms in total. The normalized spacial score (nSPS) is 14.8. The summed E-state index contributed by atoms with van der Waals surface area (Å²) in [5, 5.41) is 10.3. The molecule has 1 saturated carbocycles. The van der Waals surface area contributed by atoms with E-state index in [9.17, 15) is 28.8 Å². The molecule has 0 bridgehead atoms. The average molecular weight is 765 g/mol. The molecule has 0 radical (unpaired) electrons. The summed E-state index contributed by atoms with van der Waals surface area (Å²) in [7, 11) is 1.50. The van der Waals surface area contributed by atoms with Crippen LogP contribution in [0.4, 0.5) is 4.79 Å². The van der Waals surface area contributed by atoms with Crippen LogP contribution in [0.2, 0.25) is 0 Å². The van der Waals surface area contributed by atoms with Gasteiger partial charge >= 0.3 is 6.03 Å². The van der Waals surface area contributed by atoms with Crippen molar-refractivity contribution in [3.8, 4) is 0 Å². The van der Waals surface area contributed by atoms with Gasteiger partial charge in [0.2, 0.25) is 23.5 Å². The second-order valence-electron chi connectivity index (χ2n) is 14.2. The third kappa shape index (κ3) is 29.6. The van der Waals surface area contributed by atoms with Gasteiger partial charge in [-0.3, -0.25) is 24.0 Å². The van der Waals surface area contributed by atoms with Gasteiger partial charge in [0, 0.05) is 13.1 Å². The molecule has 1 aliphatic carbocycles. The lowest BCUT2D eigenvalue weighted by Crippen LogP contribution is -2.60. The molecule has 1 saturated heterocycles. The Morgan fingerprint density at radius 1 is 0.852 bits per heavy atom. The van der Waals surface area contributed by atoms with Crippen LogP contribution in [0.1, 0.15) is 141 Å². The first-order valence-electron chi connectivity index (χ1n) is 20.0. The van der Waals surface area contributed by atoms with E-state index in [1.54, 1.807) is 20.8 Å². The Hall–Kier alpha value is -3.80. The molecule has 1 aromatic rings. The van der Waals surface area contributed by atoms with E-state index in [4.69, 9.17) is 0 Å². The fourth-order valence-corrected chi connectivity index (χ4v) is 3.97. The molecule has 2 fully saturated rings. The number of urea groups is 1. The Morgan fingerprint density at radius 2 is 1.33 bits per heavy atom. The Labute approximate surface area is 329 Å². The zero-order valence-electron chi connectivity index (χ0n) is 36.7. The SMILES string of the molecule is CC.CC.CC(C)C.CC(NC(=O)C1CCCN1C(=O)C(NC(=O)NCC(=O)NCc1ccccc1)C(C)(C)C)C(=O)C=O.CC1CC1.CCCC.CN. The molecule has 2 aliphatic rings. The van der Waals surface area contributed by atoms with Crippen molar-refractivity contribution >= 4 is 35.8 Å². The standard InChI is InChI=1S/C25H35N5O6.C4H8.2C4H10.2C2H6.CH5N/c1-16(19(32)15-31)28-22(34)18-11-8-12-30(18)23(35)21(25(2,3)4)29-24(36)27-14-20(33)26-13-17-9-6-5-7-10-17;1-4-2-3-4;1-4(2)3;1-3-4-2;3*1-2/h5-7,9-10,15-16,18,21H,8,11-14H2,1-4H3,(H,26,33)(H,28,34)(H2,27,29,36);4H,2-3H2,1H3;4H,1-3H3;3-4H2,1-2H3;2*1-2H3;2H2,1H3. The van der Waals surface area contributed by atoms with E-state index >= 15 is 0 Å². The Morgan fingerprint density at radius 3 is 1.74 bits per heavy atom. The number of carbonyl (C=O) groups is 6. The number of ketones is 1. The molecule has 0 spiro atoms. The summed E-state index contributed by atoms with van der Waals surface area (Å²) in [5.74, 6) is -0.213. The summed E-state index contributed by atoms with van der Waals surface area (Å²) in [6, 6.07) is 5.83. The van der Waals surface area contributed by atoms with Crippen molar-refractivity contribution in [2.24, 2.45) is 23.0 Å². The van der Waals surface area contributed by atoms with Crippen molar-refractivity contribution in [1.82, 2.24) is 26.2 Å². The Bertz CT molecular complexity index is 1130. The van der Waals surface area contributed by atoms with Gasteiger partial charge in [0.05, 0.1) is 12.6 Å². The summed E-state index contributed by atoms with van der Waals surface area (Å²) in [5.41, 5.74) is 4.72. The van der Waals surface area contributed by atoms with Gasteiger partial charge in [-0.1, -0.05) is 146 Å². The van der Waals surface area contributed by atoms with Gasteiger partial charge in [-0.15, -0.1) is 0 Å². The fraction of sp³-hybridized carbons (Fsp3) is 0.714. The minimum Gasteiger partial charge on any atom is -0.350 e. The zero-order chi connectivity index (χ0) is 42.9. The maximum Gasteiger partial charge on any atom is 0.315 e. The van der Waals surface area contributed by atoms with Crippen molar-refractivity contribution < 1.29 is 28.8 Å². The van der Waals surface area contributed by atoms with E-state index in [0.29, 0.717) is 25.9 Å². The number of Topliss-reactive ketones (excluding diaryl/α,β-unsaturated/α-hetero) is 1. The smallest absolute Gasteiger partial charge is 0.315 e. The summed E-state index contributed by atoms with van der Waals surface area (Å²) in [4.78, 5) is 74.4. The third-order valence-electron chi connectivity index (χ3n) is 7.24. The Kier molecular flexibility index (Phi) is 36.8. The summed E-state index contributed by atoms with van der Waals surface area (Å²) >= 11 is 0. The number of aldehydes is 1. The van der Waals surface area contributed by atoms with E-state index in [-0.39, 0.29) is 18.7 Å². The largest absolute Gasteiger partial charge is 0.350 e. The average Bonchev–Trinajstić information content (AvgIpc) is 3.78. The molecule has 1 aromatic carbocycles. The molecule has 3 unspecified atom stereocenters. The predicted octanol–water partition coefficient (Wildman–Crippen LogP) is 6.79. The van der Waals surface area contributed by atoms with Gasteiger partial charge in [-0.2, -0.15) is 0 Å². The number of hydrogen-bond acceptors (Lipinski definition) is 7. The molecule has 0 aromatic heterocycles. The molecule has 3 rings (SSSR count). The lowest BCUT2D eigenvalue weighted by molar-refractivity contribution is -0.142. The maximum atomic E-state index is 13.4. The van der Waals surface area contributed by atoms with Crippen LogP contribution in [0.3, 0.4) is 0 Å². The van der Waals surface area contributed by atoms with E-state index in [1.165, 1.54) is 44.6 Å². The van der Waals surface area contributed by atoms with Gasteiger partial charge in [0.15, 0.2) is 6.29 Å². The number of hydrogen-bond donors (Lipinski definition) is 5. The fourth-order valence-electron chi connectivity index (χ4n) is 3.97. The van der Waals surface area contributed by atoms with Gasteiger partial charge in [-0.25, -0.2) is 4.79 Å². The highest BCUT2D eigenvalue weighted by molar-refractivity contribution is 6.27. The quantitative estimate of drug-likeness (QED) is 0.122. The van der Waals surface area contributed by atoms with E-state index in [1.807, 2.05) is 58.0 Å². The van der Waals surface area contributed by atoms with Crippen molar-refractivity contribution in [1.29, 1.82) is 0 Å². The highest BCUT2D eigenvalue weighted by Crippen LogP contribution is 2.27. The molecule has 3 atom stereocenters. The number of unbranched alkanes of at least 4 members (excludes halogenated alkanes) is 1. The molecule has 54 heavy (non-hydrogen) atoms. The number of carbonyl (C=O) groups excluding carboxylic acids is 6. The van der Waals surface area contributed by atoms with Crippen LogP contribution in [-0.2, 0) is 30.5 Å². The predicted molar refractivity (Wildman–Crippen MR) is 224 cm³/mol. The monoisotopic (exact) mass is 765 g/mol. The zero-order valence-corrected chi connectivity index (χ0v) is 36.7. The van der Waals surface area contributed by atoms with Crippen LogP contribution in [-0.4, -0.2) is 79.0 Å². The number of amides is 5. The topological polar surface area (TPSA) is 180 Å². The van der Waals surface area contributed by atoms with Crippen LogP contribution in [0.15, 0.2) is 30.3 Å². The van der Waals surface area contributed by atoms with E-state index < -0.39 is 47.2 Å². The van der Waals surface area contributed by atoms with Crippen LogP contribution < -0.4 is 27.0 Å². The first kappa shape index (κ1) is 56.9. The number of benzene rings is 1. The maximum absolute atomic E-state index is 13.4. The summed E-state index contributed by atoms with van der Waals surface area (Å²) in [6.07, 6.45) is 6.72. The van der Waals surface area contributed by atoms with Crippen LogP contribution in [0.25, 0.3) is 0 Å². The molecular weight excluding hydrogens is 684 g/mol. The van der Waals surface area contributed by atoms with Crippen molar-refractivity contribution in [2.45, 2.75) is 160 Å². The van der Waals surface area contributed by atoms with Gasteiger partial charge in [0.25, 0.3) is 0 Å². The van der Waals surface area contributed by atoms with Gasteiger partial charge in [0.1, 0.15) is 12.1 Å². The lowest BCUT2D eigenvalue weighted by Gasteiger charge is -2.35. The first-order valence-corrected chi connectivity index (χ1v) is 20.0. The molecule has 1 heterocycles. The van der Waals surface area contributed by atoms with Gasteiger partial charge < -0.3 is 31.9 Å². The minimum absolute atomic E-state index is 0.141. The first-order chi connectivity index (χ1) is 25.5. The number of nitrogens with two attached hydrogens (primary N) is 1. The summed E-state index contributed by atoms with van der Waals surface area (Å²) in [6.45, 7) is 28.2. The minimum atomic E-state index is -0.997. The summed E-state index contributed by atoms with van der Waals surface area (Å²) < 4.78 is 0. The number of likely N-dealkylation sites (tertiary alicyclic amines) is 1. The highest BCUT2D eigenvalue weighted by atomic mass is 16.2. The van der Waals surface area contributed by atoms with Crippen molar-refractivity contribution in [3.63, 3.8) is 0 Å². The van der Waals surface area contributed by atoms with E-state index in [0.717, 1.165) is 17.4 Å². The number of rotatable bonds is 11. The van der Waals surface area contributed by atoms with Crippen LogP contribution >= 0.6 is 0 Å². The molecular formula is C42H80N6O6. The second-order valence-corrected chi connectivity index (χ2v) is 14.2. The number of nitrogens with one attached hydrogen (secondary N) is 4. The van der Waals surface area contributed by atoms with Crippen LogP contribution in [0, 0.1) is 17.3 Å². The lowest BCUT2D eigenvalue weighted by atomic mass is 9.85. The van der Waals surface area contributed by atoms with E-state index in [2.05, 4.69) is 68.5 Å². The molecule has 6 N–H and O–H groups in total. The Balaban J connectivity index is -0.000000578. The number of nitrogens with zero attached hydrogens (tertiary/aromatic N) is 1. The van der Waals surface area contributed by atoms with Crippen molar-refractivity contribution in [2.75, 3.05) is 20.1 Å². The van der Waals surface area contributed by atoms with Crippen molar-refractivity contribution in [3.05, 3.63) is 35.9 Å². The molecule has 1 aliphatic heterocycles. The van der Waals surface area contributed by atoms with Crippen LogP contribution in [0.5, 0.6) is 0 Å². The van der Waals surface area contributed by atoms with Gasteiger partial charge in [-0.05, 0) is 49.6 Å². The molecule has 314 valence electrons. The second kappa shape index (κ2) is 34.9. The molecule has 12 heteroatoms.